The zero-order valence-electron chi connectivity index (χ0n) is 16.8. The second kappa shape index (κ2) is 8.38. The molecule has 0 fully saturated rings. The van der Waals surface area contributed by atoms with Gasteiger partial charge in [-0.05, 0) is 61.7 Å². The first-order valence-electron chi connectivity index (χ1n) is 9.31. The lowest BCUT2D eigenvalue weighted by atomic mass is 9.83. The SMILES string of the molecule is Cc1cc(C(F)=Cc2ccc(C(C)(C)C(F)(F)F)cc2)nn1Cc1cccc(Br)c1. The van der Waals surface area contributed by atoms with E-state index >= 15 is 0 Å². The Kier molecular flexibility index (Phi) is 6.22. The maximum atomic E-state index is 14.7. The van der Waals surface area contributed by atoms with Gasteiger partial charge >= 0.3 is 6.18 Å². The Morgan fingerprint density at radius 1 is 1.07 bits per heavy atom. The maximum Gasteiger partial charge on any atom is 0.397 e. The molecule has 0 aliphatic carbocycles. The minimum Gasteiger partial charge on any atom is -0.265 e. The van der Waals surface area contributed by atoms with Crippen LogP contribution in [-0.4, -0.2) is 16.0 Å². The molecule has 3 aromatic rings. The molecule has 0 atom stereocenters. The molecule has 0 saturated carbocycles. The highest BCUT2D eigenvalue weighted by atomic mass is 79.9. The number of hydrogen-bond donors (Lipinski definition) is 0. The smallest absolute Gasteiger partial charge is 0.265 e. The number of aromatic nitrogens is 2. The van der Waals surface area contributed by atoms with Crippen molar-refractivity contribution < 1.29 is 17.6 Å². The quantitative estimate of drug-likeness (QED) is 0.350. The molecule has 2 aromatic carbocycles. The summed E-state index contributed by atoms with van der Waals surface area (Å²) in [5, 5.41) is 4.33. The second-order valence-electron chi connectivity index (χ2n) is 7.70. The van der Waals surface area contributed by atoms with Crippen LogP contribution in [0.15, 0.2) is 59.1 Å². The summed E-state index contributed by atoms with van der Waals surface area (Å²) in [7, 11) is 0. The first-order valence-corrected chi connectivity index (χ1v) is 10.1. The van der Waals surface area contributed by atoms with Crippen LogP contribution in [0, 0.1) is 6.92 Å². The van der Waals surface area contributed by atoms with Gasteiger partial charge in [-0.3, -0.25) is 4.68 Å². The summed E-state index contributed by atoms with van der Waals surface area (Å²) in [5.41, 5.74) is 0.623. The minimum atomic E-state index is -4.37. The molecule has 3 rings (SSSR count). The molecule has 30 heavy (non-hydrogen) atoms. The normalized spacial score (nSPS) is 13.0. The molecule has 0 amide bonds. The highest BCUT2D eigenvalue weighted by Gasteiger charge is 2.48. The van der Waals surface area contributed by atoms with Crippen molar-refractivity contribution in [3.05, 3.63) is 87.1 Å². The van der Waals surface area contributed by atoms with E-state index in [1.54, 1.807) is 10.7 Å². The first-order chi connectivity index (χ1) is 14.0. The topological polar surface area (TPSA) is 17.8 Å². The summed E-state index contributed by atoms with van der Waals surface area (Å²) in [5.74, 6) is -0.547. The van der Waals surface area contributed by atoms with E-state index in [-0.39, 0.29) is 11.3 Å². The van der Waals surface area contributed by atoms with E-state index in [0.29, 0.717) is 12.1 Å². The van der Waals surface area contributed by atoms with Crippen LogP contribution in [0.1, 0.15) is 41.9 Å². The fourth-order valence-electron chi connectivity index (χ4n) is 2.98. The van der Waals surface area contributed by atoms with Crippen LogP contribution in [0.2, 0.25) is 0 Å². The molecule has 0 aliphatic rings. The van der Waals surface area contributed by atoms with Gasteiger partial charge in [0.15, 0.2) is 5.83 Å². The van der Waals surface area contributed by atoms with E-state index < -0.39 is 17.4 Å². The predicted molar refractivity (Wildman–Crippen MR) is 115 cm³/mol. The van der Waals surface area contributed by atoms with Gasteiger partial charge in [0, 0.05) is 10.2 Å². The van der Waals surface area contributed by atoms with Crippen molar-refractivity contribution in [2.75, 3.05) is 0 Å². The molecule has 0 saturated heterocycles. The monoisotopic (exact) mass is 480 g/mol. The molecule has 158 valence electrons. The molecular formula is C23H21BrF4N2. The van der Waals surface area contributed by atoms with Gasteiger partial charge in [-0.2, -0.15) is 18.3 Å². The van der Waals surface area contributed by atoms with E-state index in [1.807, 2.05) is 31.2 Å². The third-order valence-corrected chi connectivity index (χ3v) is 5.57. The molecule has 0 bridgehead atoms. The standard InChI is InChI=1S/C23H21BrF4N2/c1-15-11-21(29-30(15)14-17-5-4-6-19(24)12-17)20(25)13-16-7-9-18(10-8-16)22(2,3)23(26,27)28/h4-13H,14H2,1-3H3. The number of rotatable bonds is 5. The fraction of sp³-hybridized carbons (Fsp3) is 0.261. The first kappa shape index (κ1) is 22.3. The van der Waals surface area contributed by atoms with Gasteiger partial charge in [0.1, 0.15) is 5.69 Å². The largest absolute Gasteiger partial charge is 0.397 e. The average Bonchev–Trinajstić information content (AvgIpc) is 3.02. The van der Waals surface area contributed by atoms with E-state index in [1.165, 1.54) is 30.3 Å². The summed E-state index contributed by atoms with van der Waals surface area (Å²) >= 11 is 3.43. The Morgan fingerprint density at radius 3 is 2.33 bits per heavy atom. The number of halogens is 5. The van der Waals surface area contributed by atoms with E-state index in [2.05, 4.69) is 21.0 Å². The fourth-order valence-corrected chi connectivity index (χ4v) is 3.42. The third-order valence-electron chi connectivity index (χ3n) is 5.08. The Labute approximate surface area is 181 Å². The van der Waals surface area contributed by atoms with Gasteiger partial charge in [0.25, 0.3) is 0 Å². The van der Waals surface area contributed by atoms with Gasteiger partial charge in [-0.1, -0.05) is 52.3 Å². The predicted octanol–water partition coefficient (Wildman–Crippen LogP) is 7.31. The van der Waals surface area contributed by atoms with Crippen LogP contribution in [-0.2, 0) is 12.0 Å². The Balaban J connectivity index is 1.81. The van der Waals surface area contributed by atoms with Crippen molar-refractivity contribution in [2.24, 2.45) is 0 Å². The maximum absolute atomic E-state index is 14.7. The number of nitrogens with zero attached hydrogens (tertiary/aromatic N) is 2. The van der Waals surface area contributed by atoms with Crippen molar-refractivity contribution in [1.29, 1.82) is 0 Å². The Hall–Kier alpha value is -2.41. The van der Waals surface area contributed by atoms with Gasteiger partial charge in [0.2, 0.25) is 0 Å². The second-order valence-corrected chi connectivity index (χ2v) is 8.61. The Morgan fingerprint density at radius 2 is 1.73 bits per heavy atom. The summed E-state index contributed by atoms with van der Waals surface area (Å²) in [4.78, 5) is 0. The zero-order chi connectivity index (χ0) is 22.1. The van der Waals surface area contributed by atoms with Crippen molar-refractivity contribution >= 4 is 27.8 Å². The summed E-state index contributed by atoms with van der Waals surface area (Å²) in [6.45, 7) is 4.59. The van der Waals surface area contributed by atoms with Crippen LogP contribution < -0.4 is 0 Å². The lowest BCUT2D eigenvalue weighted by molar-refractivity contribution is -0.180. The summed E-state index contributed by atoms with van der Waals surface area (Å²) in [6.07, 6.45) is -3.09. The summed E-state index contributed by atoms with van der Waals surface area (Å²) < 4.78 is 57.0. The van der Waals surface area contributed by atoms with Crippen LogP contribution in [0.25, 0.3) is 11.9 Å². The van der Waals surface area contributed by atoms with Gasteiger partial charge in [0.05, 0.1) is 12.0 Å². The van der Waals surface area contributed by atoms with Crippen LogP contribution >= 0.6 is 15.9 Å². The molecule has 1 aromatic heterocycles. The molecule has 0 N–H and O–H groups in total. The molecule has 2 nitrogen and oxygen atoms in total. The highest BCUT2D eigenvalue weighted by molar-refractivity contribution is 9.10. The molecule has 7 heteroatoms. The zero-order valence-corrected chi connectivity index (χ0v) is 18.4. The number of aryl methyl sites for hydroxylation is 1. The lowest BCUT2D eigenvalue weighted by Crippen LogP contribution is -2.36. The average molecular weight is 481 g/mol. The van der Waals surface area contributed by atoms with E-state index in [9.17, 15) is 17.6 Å². The van der Waals surface area contributed by atoms with Crippen molar-refractivity contribution in [1.82, 2.24) is 9.78 Å². The number of alkyl halides is 3. The molecule has 0 radical (unpaired) electrons. The highest BCUT2D eigenvalue weighted by Crippen LogP contribution is 2.40. The van der Waals surface area contributed by atoms with Gasteiger partial charge in [-0.15, -0.1) is 0 Å². The third kappa shape index (κ3) is 4.83. The lowest BCUT2D eigenvalue weighted by Gasteiger charge is -2.28. The molecule has 1 heterocycles. The van der Waals surface area contributed by atoms with Crippen molar-refractivity contribution in [3.8, 4) is 0 Å². The van der Waals surface area contributed by atoms with Gasteiger partial charge < -0.3 is 0 Å². The molecular weight excluding hydrogens is 460 g/mol. The van der Waals surface area contributed by atoms with Crippen LogP contribution in [0.5, 0.6) is 0 Å². The van der Waals surface area contributed by atoms with E-state index in [4.69, 9.17) is 0 Å². The summed E-state index contributed by atoms with van der Waals surface area (Å²) in [6, 6.07) is 15.1. The van der Waals surface area contributed by atoms with Crippen LogP contribution in [0.4, 0.5) is 17.6 Å². The van der Waals surface area contributed by atoms with Crippen molar-refractivity contribution in [3.63, 3.8) is 0 Å². The molecule has 0 aliphatic heterocycles. The van der Waals surface area contributed by atoms with E-state index in [0.717, 1.165) is 29.6 Å². The Bertz CT molecular complexity index is 1060. The number of hydrogen-bond acceptors (Lipinski definition) is 1. The molecule has 0 unspecified atom stereocenters. The van der Waals surface area contributed by atoms with Crippen molar-refractivity contribution in [2.45, 2.75) is 38.9 Å². The van der Waals surface area contributed by atoms with Crippen LogP contribution in [0.3, 0.4) is 0 Å². The molecule has 0 spiro atoms. The van der Waals surface area contributed by atoms with Gasteiger partial charge in [-0.25, -0.2) is 4.39 Å². The minimum absolute atomic E-state index is 0.127. The number of benzene rings is 2.